The fraction of sp³-hybridized carbons (Fsp3) is 0.577. The molecule has 4 rings (SSSR count). The largest absolute Gasteiger partial charge is 0.446 e. The lowest BCUT2D eigenvalue weighted by Crippen LogP contribution is -2.43. The summed E-state index contributed by atoms with van der Waals surface area (Å²) in [5, 5.41) is 0. The van der Waals surface area contributed by atoms with Crippen molar-refractivity contribution < 1.29 is 27.4 Å². The average Bonchev–Trinajstić information content (AvgIpc) is 2.86. The molecule has 1 saturated carbocycles. The fourth-order valence-corrected chi connectivity index (χ4v) is 5.09. The molecule has 2 aliphatic rings. The molecule has 1 aromatic heterocycles. The second-order valence-corrected chi connectivity index (χ2v) is 9.42. The molecule has 1 fully saturated rings. The van der Waals surface area contributed by atoms with Crippen molar-refractivity contribution in [3.8, 4) is 0 Å². The van der Waals surface area contributed by atoms with E-state index in [0.717, 1.165) is 5.56 Å². The van der Waals surface area contributed by atoms with Gasteiger partial charge in [0.2, 0.25) is 0 Å². The third-order valence-corrected chi connectivity index (χ3v) is 7.08. The lowest BCUT2D eigenvalue weighted by atomic mass is 9.87. The van der Waals surface area contributed by atoms with Crippen LogP contribution in [0.15, 0.2) is 35.1 Å². The fourth-order valence-electron chi connectivity index (χ4n) is 5.09. The van der Waals surface area contributed by atoms with Crippen molar-refractivity contribution in [2.45, 2.75) is 70.8 Å². The lowest BCUT2D eigenvalue weighted by molar-refractivity contribution is -0.186. The van der Waals surface area contributed by atoms with Crippen LogP contribution in [0.25, 0.3) is 0 Å². The van der Waals surface area contributed by atoms with Gasteiger partial charge < -0.3 is 14.4 Å². The highest BCUT2D eigenvalue weighted by molar-refractivity contribution is 5.68. The number of aryl methyl sites for hydroxylation is 1. The van der Waals surface area contributed by atoms with Crippen LogP contribution < -0.4 is 5.56 Å². The summed E-state index contributed by atoms with van der Waals surface area (Å²) in [5.74, 6) is -0.806. The van der Waals surface area contributed by atoms with Gasteiger partial charge in [0, 0.05) is 18.7 Å². The summed E-state index contributed by atoms with van der Waals surface area (Å²) in [5.41, 5.74) is 1.89. The Bertz CT molecular complexity index is 1110. The van der Waals surface area contributed by atoms with Crippen molar-refractivity contribution in [3.63, 3.8) is 0 Å². The molecular weight excluding hydrogens is 475 g/mol. The van der Waals surface area contributed by atoms with Gasteiger partial charge >= 0.3 is 12.3 Å². The second-order valence-electron chi connectivity index (χ2n) is 9.42. The van der Waals surface area contributed by atoms with E-state index in [1.54, 1.807) is 11.5 Å². The molecule has 1 aromatic carbocycles. The Morgan fingerprint density at radius 3 is 2.50 bits per heavy atom. The van der Waals surface area contributed by atoms with E-state index in [0.29, 0.717) is 36.7 Å². The third kappa shape index (κ3) is 5.74. The van der Waals surface area contributed by atoms with Crippen LogP contribution in [-0.2, 0) is 22.4 Å². The minimum absolute atomic E-state index is 0.0328. The maximum atomic E-state index is 13.6. The summed E-state index contributed by atoms with van der Waals surface area (Å²) in [4.78, 5) is 32.5. The van der Waals surface area contributed by atoms with Crippen molar-refractivity contribution in [1.29, 1.82) is 0 Å². The predicted octanol–water partition coefficient (Wildman–Crippen LogP) is 4.79. The summed E-state index contributed by atoms with van der Waals surface area (Å²) in [6.45, 7) is 4.93. The summed E-state index contributed by atoms with van der Waals surface area (Å²) in [6.07, 6.45) is -4.64. The average molecular weight is 508 g/mol. The lowest BCUT2D eigenvalue weighted by Gasteiger charge is -2.33. The van der Waals surface area contributed by atoms with Gasteiger partial charge in [-0.05, 0) is 51.5 Å². The van der Waals surface area contributed by atoms with Gasteiger partial charge in [0.1, 0.15) is 11.9 Å². The first-order valence-corrected chi connectivity index (χ1v) is 12.4. The van der Waals surface area contributed by atoms with E-state index in [9.17, 15) is 22.8 Å². The summed E-state index contributed by atoms with van der Waals surface area (Å²) in [7, 11) is 0. The molecule has 0 bridgehead atoms. The molecule has 1 aliphatic carbocycles. The Morgan fingerprint density at radius 2 is 1.86 bits per heavy atom. The van der Waals surface area contributed by atoms with Gasteiger partial charge in [0.25, 0.3) is 5.56 Å². The van der Waals surface area contributed by atoms with Crippen molar-refractivity contribution in [2.24, 2.45) is 5.92 Å². The molecular formula is C26H32F3N3O4. The van der Waals surface area contributed by atoms with Gasteiger partial charge in [0.05, 0.1) is 30.8 Å². The normalized spacial score (nSPS) is 21.1. The molecule has 1 unspecified atom stereocenters. The van der Waals surface area contributed by atoms with Crippen LogP contribution in [0.1, 0.15) is 61.3 Å². The second kappa shape index (κ2) is 11.0. The van der Waals surface area contributed by atoms with Gasteiger partial charge in [-0.3, -0.25) is 9.36 Å². The molecule has 10 heteroatoms. The molecule has 1 amide bonds. The molecule has 196 valence electrons. The molecule has 1 atom stereocenters. The van der Waals surface area contributed by atoms with Gasteiger partial charge in [-0.15, -0.1) is 0 Å². The van der Waals surface area contributed by atoms with E-state index in [1.807, 2.05) is 37.3 Å². The maximum absolute atomic E-state index is 13.6. The Hall–Kier alpha value is -2.88. The number of carbonyl (C=O) groups is 1. The highest BCUT2D eigenvalue weighted by Gasteiger charge is 2.42. The third-order valence-electron chi connectivity index (χ3n) is 7.08. The van der Waals surface area contributed by atoms with E-state index in [-0.39, 0.29) is 50.4 Å². The zero-order valence-electron chi connectivity index (χ0n) is 20.6. The van der Waals surface area contributed by atoms with Crippen molar-refractivity contribution in [3.05, 3.63) is 63.3 Å². The molecule has 0 radical (unpaired) electrons. The first kappa shape index (κ1) is 26.2. The standard InChI is InChI=1S/C26H32F3N3O4/c1-3-35-16-23(18-7-5-4-6-8-18)32-17(2)30-22-15-31(14-13-21(22)24(32)33)25(34)36-20-11-9-19(10-12-20)26(27,28)29/h4-8,19-20,23H,3,9-16H2,1-2H3/t19-,20-,23?. The van der Waals surface area contributed by atoms with Crippen LogP contribution in [0.3, 0.4) is 0 Å². The zero-order chi connectivity index (χ0) is 25.9. The number of nitrogens with zero attached hydrogens (tertiary/aromatic N) is 3. The molecule has 36 heavy (non-hydrogen) atoms. The number of amides is 1. The molecule has 2 aromatic rings. The number of alkyl halides is 3. The molecule has 1 aliphatic heterocycles. The SMILES string of the molecule is CCOCC(c1ccccc1)n1c(C)nc2c(c1=O)CCN(C(=O)O[C@H]1CC[C@H](C(F)(F)F)CC1)C2. The quantitative estimate of drug-likeness (QED) is 0.562. The smallest absolute Gasteiger partial charge is 0.410 e. The number of aromatic nitrogens is 2. The van der Waals surface area contributed by atoms with Crippen LogP contribution in [-0.4, -0.2) is 52.6 Å². The maximum Gasteiger partial charge on any atom is 0.410 e. The van der Waals surface area contributed by atoms with E-state index in [2.05, 4.69) is 4.98 Å². The molecule has 0 saturated heterocycles. The number of halogens is 3. The number of rotatable bonds is 6. The Labute approximate surface area is 208 Å². The van der Waals surface area contributed by atoms with Crippen molar-refractivity contribution >= 4 is 6.09 Å². The predicted molar refractivity (Wildman–Crippen MR) is 127 cm³/mol. The number of carbonyl (C=O) groups excluding carboxylic acids is 1. The summed E-state index contributed by atoms with van der Waals surface area (Å²) < 4.78 is 51.6. The first-order chi connectivity index (χ1) is 17.2. The highest BCUT2D eigenvalue weighted by Crippen LogP contribution is 2.38. The van der Waals surface area contributed by atoms with Crippen LogP contribution in [0.5, 0.6) is 0 Å². The van der Waals surface area contributed by atoms with E-state index in [1.165, 1.54) is 4.90 Å². The minimum Gasteiger partial charge on any atom is -0.446 e. The first-order valence-electron chi connectivity index (χ1n) is 12.4. The van der Waals surface area contributed by atoms with E-state index < -0.39 is 24.3 Å². The number of hydrogen-bond donors (Lipinski definition) is 0. The van der Waals surface area contributed by atoms with E-state index in [4.69, 9.17) is 9.47 Å². The number of benzene rings is 1. The molecule has 0 spiro atoms. The zero-order valence-corrected chi connectivity index (χ0v) is 20.6. The van der Waals surface area contributed by atoms with Gasteiger partial charge in [-0.2, -0.15) is 13.2 Å². The van der Waals surface area contributed by atoms with Gasteiger partial charge in [0.15, 0.2) is 0 Å². The van der Waals surface area contributed by atoms with Crippen LogP contribution >= 0.6 is 0 Å². The van der Waals surface area contributed by atoms with Crippen molar-refractivity contribution in [1.82, 2.24) is 14.5 Å². The Kier molecular flexibility index (Phi) is 8.02. The molecule has 7 nitrogen and oxygen atoms in total. The number of hydrogen-bond acceptors (Lipinski definition) is 5. The minimum atomic E-state index is -4.20. The van der Waals surface area contributed by atoms with Crippen LogP contribution in [0.4, 0.5) is 18.0 Å². The van der Waals surface area contributed by atoms with Crippen LogP contribution in [0.2, 0.25) is 0 Å². The Balaban J connectivity index is 1.48. The van der Waals surface area contributed by atoms with Gasteiger partial charge in [-0.25, -0.2) is 9.78 Å². The van der Waals surface area contributed by atoms with Gasteiger partial charge in [-0.1, -0.05) is 30.3 Å². The summed E-state index contributed by atoms with van der Waals surface area (Å²) in [6, 6.07) is 9.33. The monoisotopic (exact) mass is 507 g/mol. The number of fused-ring (bicyclic) bond motifs is 1. The van der Waals surface area contributed by atoms with Crippen molar-refractivity contribution in [2.75, 3.05) is 19.8 Å². The molecule has 2 heterocycles. The number of ether oxygens (including phenoxy) is 2. The topological polar surface area (TPSA) is 73.7 Å². The summed E-state index contributed by atoms with van der Waals surface area (Å²) >= 11 is 0. The van der Waals surface area contributed by atoms with E-state index >= 15 is 0 Å². The molecule has 0 N–H and O–H groups in total. The van der Waals surface area contributed by atoms with Crippen LogP contribution in [0, 0.1) is 12.8 Å². The Morgan fingerprint density at radius 1 is 1.17 bits per heavy atom. The highest BCUT2D eigenvalue weighted by atomic mass is 19.4.